The number of amides is 1. The Bertz CT molecular complexity index is 936. The lowest BCUT2D eigenvalue weighted by Gasteiger charge is -2.17. The van der Waals surface area contributed by atoms with E-state index in [1.807, 2.05) is 29.6 Å². The predicted molar refractivity (Wildman–Crippen MR) is 112 cm³/mol. The third-order valence-electron chi connectivity index (χ3n) is 4.88. The Balaban J connectivity index is 1.37. The van der Waals surface area contributed by atoms with Crippen molar-refractivity contribution in [2.24, 2.45) is 0 Å². The van der Waals surface area contributed by atoms with E-state index in [2.05, 4.69) is 46.4 Å². The van der Waals surface area contributed by atoms with Gasteiger partial charge in [0.25, 0.3) is 0 Å². The summed E-state index contributed by atoms with van der Waals surface area (Å²) in [6.45, 7) is 4.22. The van der Waals surface area contributed by atoms with Crippen molar-refractivity contribution in [3.63, 3.8) is 0 Å². The lowest BCUT2D eigenvalue weighted by molar-refractivity contribution is -0.115. The summed E-state index contributed by atoms with van der Waals surface area (Å²) < 4.78 is 0. The zero-order chi connectivity index (χ0) is 18.6. The van der Waals surface area contributed by atoms with Crippen molar-refractivity contribution in [2.45, 2.75) is 26.2 Å². The molecule has 0 saturated carbocycles. The van der Waals surface area contributed by atoms with E-state index in [4.69, 9.17) is 0 Å². The first kappa shape index (κ1) is 17.7. The van der Waals surface area contributed by atoms with E-state index in [0.29, 0.717) is 6.42 Å². The molecule has 1 amide bonds. The molecule has 0 aliphatic carbocycles. The minimum Gasteiger partial charge on any atom is -0.371 e. The molecule has 2 heterocycles. The van der Waals surface area contributed by atoms with Gasteiger partial charge >= 0.3 is 0 Å². The Morgan fingerprint density at radius 2 is 2.07 bits per heavy atom. The van der Waals surface area contributed by atoms with Gasteiger partial charge in [-0.2, -0.15) is 0 Å². The average molecular weight is 378 g/mol. The van der Waals surface area contributed by atoms with E-state index >= 15 is 0 Å². The van der Waals surface area contributed by atoms with Gasteiger partial charge in [0.05, 0.1) is 17.1 Å². The Hall–Kier alpha value is -2.66. The molecule has 27 heavy (non-hydrogen) atoms. The summed E-state index contributed by atoms with van der Waals surface area (Å²) >= 11 is 1.61. The van der Waals surface area contributed by atoms with Crippen LogP contribution < -0.4 is 10.2 Å². The summed E-state index contributed by atoms with van der Waals surface area (Å²) in [5.74, 6) is -0.0208. The van der Waals surface area contributed by atoms with Crippen molar-refractivity contribution in [2.75, 3.05) is 23.3 Å². The second-order valence-corrected chi connectivity index (χ2v) is 7.74. The summed E-state index contributed by atoms with van der Waals surface area (Å²) in [7, 11) is 0. The molecule has 4 nitrogen and oxygen atoms in total. The van der Waals surface area contributed by atoms with Crippen molar-refractivity contribution in [3.05, 3.63) is 75.7 Å². The second kappa shape index (κ2) is 7.92. The van der Waals surface area contributed by atoms with Crippen LogP contribution in [0.25, 0.3) is 0 Å². The van der Waals surface area contributed by atoms with Crippen LogP contribution in [0.15, 0.2) is 53.9 Å². The van der Waals surface area contributed by atoms with Crippen LogP contribution in [0.3, 0.4) is 0 Å². The Kier molecular flexibility index (Phi) is 5.21. The first-order valence-corrected chi connectivity index (χ1v) is 10.2. The van der Waals surface area contributed by atoms with Gasteiger partial charge in [-0.05, 0) is 36.6 Å². The molecule has 1 N–H and O–H groups in total. The van der Waals surface area contributed by atoms with Crippen LogP contribution in [-0.2, 0) is 24.1 Å². The lowest BCUT2D eigenvalue weighted by atomic mass is 10.1. The number of nitrogens with one attached hydrogen (secondary N) is 1. The molecule has 2 aromatic carbocycles. The van der Waals surface area contributed by atoms with Crippen molar-refractivity contribution in [3.8, 4) is 0 Å². The number of benzene rings is 2. The Morgan fingerprint density at radius 3 is 2.89 bits per heavy atom. The highest BCUT2D eigenvalue weighted by atomic mass is 32.1. The molecular formula is C22H23N3OS. The molecule has 4 rings (SSSR count). The second-order valence-electron chi connectivity index (χ2n) is 6.79. The summed E-state index contributed by atoms with van der Waals surface area (Å²) in [6.07, 6.45) is 2.20. The van der Waals surface area contributed by atoms with E-state index in [-0.39, 0.29) is 5.91 Å². The van der Waals surface area contributed by atoms with Gasteiger partial charge in [0.15, 0.2) is 0 Å². The number of likely N-dealkylation sites (N-methyl/N-ethyl adjacent to an activating group) is 1. The van der Waals surface area contributed by atoms with Crippen LogP contribution in [0.2, 0.25) is 0 Å². The molecule has 0 fully saturated rings. The maximum Gasteiger partial charge on any atom is 0.230 e. The third kappa shape index (κ3) is 4.19. The molecule has 0 spiro atoms. The number of carbonyl (C=O) groups is 1. The molecule has 1 aromatic heterocycles. The third-order valence-corrected chi connectivity index (χ3v) is 5.78. The SMILES string of the molecule is CCN1CCc2ccc(NC(=O)Cc3csc(Cc4ccccc4)n3)cc21. The fourth-order valence-corrected chi connectivity index (χ4v) is 4.33. The molecule has 0 radical (unpaired) electrons. The van der Waals surface area contributed by atoms with Gasteiger partial charge in [0.2, 0.25) is 5.91 Å². The highest BCUT2D eigenvalue weighted by Crippen LogP contribution is 2.30. The maximum atomic E-state index is 12.4. The molecule has 0 unspecified atom stereocenters. The average Bonchev–Trinajstić information content (AvgIpc) is 3.28. The molecule has 3 aromatic rings. The molecule has 0 atom stereocenters. The summed E-state index contributed by atoms with van der Waals surface area (Å²) in [6, 6.07) is 16.5. The van der Waals surface area contributed by atoms with Crippen LogP contribution in [0.4, 0.5) is 11.4 Å². The fourth-order valence-electron chi connectivity index (χ4n) is 3.50. The van der Waals surface area contributed by atoms with Gasteiger partial charge in [-0.1, -0.05) is 36.4 Å². The minimum atomic E-state index is -0.0208. The summed E-state index contributed by atoms with van der Waals surface area (Å²) in [4.78, 5) is 19.4. The van der Waals surface area contributed by atoms with Crippen molar-refractivity contribution in [1.82, 2.24) is 4.98 Å². The van der Waals surface area contributed by atoms with Crippen LogP contribution in [0.5, 0.6) is 0 Å². The number of carbonyl (C=O) groups excluding carboxylic acids is 1. The van der Waals surface area contributed by atoms with Crippen LogP contribution in [0.1, 0.15) is 28.8 Å². The molecule has 1 aliphatic rings. The van der Waals surface area contributed by atoms with Crippen molar-refractivity contribution >= 4 is 28.6 Å². The van der Waals surface area contributed by atoms with Gasteiger partial charge in [0.1, 0.15) is 0 Å². The maximum absolute atomic E-state index is 12.4. The Morgan fingerprint density at radius 1 is 1.22 bits per heavy atom. The molecule has 0 saturated heterocycles. The van der Waals surface area contributed by atoms with Gasteiger partial charge in [0, 0.05) is 36.3 Å². The normalized spacial score (nSPS) is 12.9. The van der Waals surface area contributed by atoms with Gasteiger partial charge in [-0.25, -0.2) is 4.98 Å². The molecular weight excluding hydrogens is 354 g/mol. The highest BCUT2D eigenvalue weighted by Gasteiger charge is 2.18. The number of nitrogens with zero attached hydrogens (tertiary/aromatic N) is 2. The van der Waals surface area contributed by atoms with E-state index in [9.17, 15) is 4.79 Å². The highest BCUT2D eigenvalue weighted by molar-refractivity contribution is 7.09. The Labute approximate surface area is 163 Å². The first-order valence-electron chi connectivity index (χ1n) is 9.36. The number of thiazole rings is 1. The molecule has 5 heteroatoms. The number of anilines is 2. The molecule has 1 aliphatic heterocycles. The lowest BCUT2D eigenvalue weighted by Crippen LogP contribution is -2.19. The van der Waals surface area contributed by atoms with E-state index in [0.717, 1.165) is 42.3 Å². The van der Waals surface area contributed by atoms with Crippen LogP contribution in [-0.4, -0.2) is 24.0 Å². The topological polar surface area (TPSA) is 45.2 Å². The number of hydrogen-bond donors (Lipinski definition) is 1. The van der Waals surface area contributed by atoms with Crippen LogP contribution in [0, 0.1) is 0 Å². The largest absolute Gasteiger partial charge is 0.371 e. The standard InChI is InChI=1S/C22H23N3OS/c1-2-25-11-10-17-8-9-18(13-20(17)25)23-21(26)14-19-15-27-22(24-19)12-16-6-4-3-5-7-16/h3-9,13,15H,2,10-12,14H2,1H3,(H,23,26). The van der Waals surface area contributed by atoms with Gasteiger partial charge < -0.3 is 10.2 Å². The number of rotatable bonds is 6. The van der Waals surface area contributed by atoms with E-state index < -0.39 is 0 Å². The number of hydrogen-bond acceptors (Lipinski definition) is 4. The zero-order valence-electron chi connectivity index (χ0n) is 15.4. The summed E-state index contributed by atoms with van der Waals surface area (Å²) in [5, 5.41) is 6.05. The number of aromatic nitrogens is 1. The quantitative estimate of drug-likeness (QED) is 0.697. The zero-order valence-corrected chi connectivity index (χ0v) is 16.3. The first-order chi connectivity index (χ1) is 13.2. The smallest absolute Gasteiger partial charge is 0.230 e. The van der Waals surface area contributed by atoms with Crippen LogP contribution >= 0.6 is 11.3 Å². The fraction of sp³-hybridized carbons (Fsp3) is 0.273. The van der Waals surface area contributed by atoms with E-state index in [1.165, 1.54) is 16.8 Å². The monoisotopic (exact) mass is 377 g/mol. The molecule has 138 valence electrons. The van der Waals surface area contributed by atoms with Crippen molar-refractivity contribution in [1.29, 1.82) is 0 Å². The predicted octanol–water partition coefficient (Wildman–Crippen LogP) is 4.30. The minimum absolute atomic E-state index is 0.0208. The van der Waals surface area contributed by atoms with Crippen molar-refractivity contribution < 1.29 is 4.79 Å². The van der Waals surface area contributed by atoms with Gasteiger partial charge in [-0.15, -0.1) is 11.3 Å². The summed E-state index contributed by atoms with van der Waals surface area (Å²) in [5.41, 5.74) is 5.54. The number of fused-ring (bicyclic) bond motifs is 1. The van der Waals surface area contributed by atoms with Gasteiger partial charge in [-0.3, -0.25) is 4.79 Å². The van der Waals surface area contributed by atoms with E-state index in [1.54, 1.807) is 11.3 Å². The molecule has 0 bridgehead atoms.